The molecule has 1 aliphatic heterocycles. The Labute approximate surface area is 121 Å². The molecule has 3 unspecified atom stereocenters. The van der Waals surface area contributed by atoms with Gasteiger partial charge in [0.25, 0.3) is 0 Å². The fourth-order valence-electron chi connectivity index (χ4n) is 2.83. The maximum Gasteiger partial charge on any atom is 0.166 e. The van der Waals surface area contributed by atoms with Crippen molar-refractivity contribution in [2.45, 2.75) is 39.3 Å². The van der Waals surface area contributed by atoms with Gasteiger partial charge in [0.05, 0.1) is 12.7 Å². The first-order chi connectivity index (χ1) is 9.61. The fourth-order valence-corrected chi connectivity index (χ4v) is 2.83. The van der Waals surface area contributed by atoms with Crippen molar-refractivity contribution in [1.29, 1.82) is 0 Å². The molecule has 0 aliphatic carbocycles. The molecule has 1 aromatic rings. The van der Waals surface area contributed by atoms with Crippen molar-refractivity contribution in [3.63, 3.8) is 0 Å². The molecule has 3 nitrogen and oxygen atoms in total. The van der Waals surface area contributed by atoms with E-state index in [9.17, 15) is 4.79 Å². The maximum absolute atomic E-state index is 12.4. The molecule has 3 atom stereocenters. The molecule has 0 amide bonds. The predicted octanol–water partition coefficient (Wildman–Crippen LogP) is 3.00. The van der Waals surface area contributed by atoms with Crippen LogP contribution < -0.4 is 0 Å². The molecule has 0 aromatic heterocycles. The number of morpholine rings is 1. The van der Waals surface area contributed by atoms with Crippen LogP contribution >= 0.6 is 0 Å². The van der Waals surface area contributed by atoms with E-state index in [2.05, 4.69) is 18.7 Å². The third-order valence-corrected chi connectivity index (χ3v) is 4.07. The van der Waals surface area contributed by atoms with Crippen molar-refractivity contribution in [2.75, 3.05) is 19.7 Å². The lowest BCUT2D eigenvalue weighted by molar-refractivity contribution is -0.0587. The number of carbonyl (C=O) groups excluding carboxylic acids is 1. The van der Waals surface area contributed by atoms with Gasteiger partial charge in [0.1, 0.15) is 0 Å². The van der Waals surface area contributed by atoms with Crippen LogP contribution in [0.1, 0.15) is 37.6 Å². The summed E-state index contributed by atoms with van der Waals surface area (Å²) in [6.07, 6.45) is 1.33. The summed E-state index contributed by atoms with van der Waals surface area (Å²) >= 11 is 0. The smallest absolute Gasteiger partial charge is 0.166 e. The van der Waals surface area contributed by atoms with E-state index >= 15 is 0 Å². The topological polar surface area (TPSA) is 29.5 Å². The van der Waals surface area contributed by atoms with Crippen LogP contribution in [0.5, 0.6) is 0 Å². The summed E-state index contributed by atoms with van der Waals surface area (Å²) in [5, 5.41) is 0. The van der Waals surface area contributed by atoms with Crippen molar-refractivity contribution in [3.05, 3.63) is 35.9 Å². The Morgan fingerprint density at radius 1 is 1.40 bits per heavy atom. The second-order valence-electron chi connectivity index (χ2n) is 5.79. The first-order valence-electron chi connectivity index (χ1n) is 7.56. The summed E-state index contributed by atoms with van der Waals surface area (Å²) < 4.78 is 5.71. The van der Waals surface area contributed by atoms with E-state index in [0.29, 0.717) is 6.04 Å². The largest absolute Gasteiger partial charge is 0.376 e. The van der Waals surface area contributed by atoms with Crippen molar-refractivity contribution in [1.82, 2.24) is 4.90 Å². The van der Waals surface area contributed by atoms with Crippen molar-refractivity contribution in [3.8, 4) is 0 Å². The number of ether oxygens (including phenoxy) is 1. The van der Waals surface area contributed by atoms with Gasteiger partial charge in [-0.3, -0.25) is 9.69 Å². The number of hydrogen-bond acceptors (Lipinski definition) is 3. The highest BCUT2D eigenvalue weighted by Crippen LogP contribution is 2.18. The molecule has 0 N–H and O–H groups in total. The maximum atomic E-state index is 12.4. The lowest BCUT2D eigenvalue weighted by Crippen LogP contribution is -2.50. The minimum absolute atomic E-state index is 0.0248. The van der Waals surface area contributed by atoms with Gasteiger partial charge in [0.2, 0.25) is 0 Å². The van der Waals surface area contributed by atoms with Crippen LogP contribution in [0.3, 0.4) is 0 Å². The lowest BCUT2D eigenvalue weighted by Gasteiger charge is -2.39. The van der Waals surface area contributed by atoms with Crippen molar-refractivity contribution >= 4 is 5.78 Å². The average Bonchev–Trinajstić information content (AvgIpc) is 2.47. The van der Waals surface area contributed by atoms with E-state index in [-0.39, 0.29) is 17.8 Å². The zero-order valence-electron chi connectivity index (χ0n) is 12.7. The molecular formula is C17H25NO2. The van der Waals surface area contributed by atoms with E-state index < -0.39 is 0 Å². The second-order valence-corrected chi connectivity index (χ2v) is 5.79. The Bertz CT molecular complexity index is 432. The van der Waals surface area contributed by atoms with Gasteiger partial charge in [-0.15, -0.1) is 0 Å². The lowest BCUT2D eigenvalue weighted by atomic mass is 9.97. The van der Waals surface area contributed by atoms with E-state index in [1.165, 1.54) is 0 Å². The molecule has 1 saturated heterocycles. The molecule has 1 aromatic carbocycles. The zero-order chi connectivity index (χ0) is 14.5. The highest BCUT2D eigenvalue weighted by molar-refractivity contribution is 5.97. The fraction of sp³-hybridized carbons (Fsp3) is 0.588. The van der Waals surface area contributed by atoms with Gasteiger partial charge in [-0.05, 0) is 13.3 Å². The number of ketones is 1. The second kappa shape index (κ2) is 7.00. The molecule has 0 bridgehead atoms. The van der Waals surface area contributed by atoms with Gasteiger partial charge >= 0.3 is 0 Å². The summed E-state index contributed by atoms with van der Waals surface area (Å²) in [5.41, 5.74) is 0.814. The average molecular weight is 275 g/mol. The molecule has 3 heteroatoms. The van der Waals surface area contributed by atoms with Crippen LogP contribution in [-0.4, -0.2) is 42.5 Å². The number of benzene rings is 1. The van der Waals surface area contributed by atoms with Crippen LogP contribution in [0.15, 0.2) is 30.3 Å². The predicted molar refractivity (Wildman–Crippen MR) is 81.0 cm³/mol. The van der Waals surface area contributed by atoms with Crippen LogP contribution in [0.25, 0.3) is 0 Å². The monoisotopic (exact) mass is 275 g/mol. The molecule has 20 heavy (non-hydrogen) atoms. The van der Waals surface area contributed by atoms with Crippen LogP contribution in [0, 0.1) is 5.92 Å². The minimum Gasteiger partial charge on any atom is -0.376 e. The summed E-state index contributed by atoms with van der Waals surface area (Å²) in [5.74, 6) is 0.261. The van der Waals surface area contributed by atoms with Crippen molar-refractivity contribution in [2.24, 2.45) is 5.92 Å². The Hall–Kier alpha value is -1.19. The molecule has 0 radical (unpaired) electrons. The Morgan fingerprint density at radius 3 is 2.75 bits per heavy atom. The van der Waals surface area contributed by atoms with Gasteiger partial charge in [-0.1, -0.05) is 44.2 Å². The summed E-state index contributed by atoms with van der Waals surface area (Å²) in [4.78, 5) is 14.9. The van der Waals surface area contributed by atoms with Gasteiger partial charge in [-0.25, -0.2) is 0 Å². The highest BCUT2D eigenvalue weighted by Gasteiger charge is 2.28. The Morgan fingerprint density at radius 2 is 2.10 bits per heavy atom. The van der Waals surface area contributed by atoms with Crippen LogP contribution in [0.2, 0.25) is 0 Å². The van der Waals surface area contributed by atoms with Crippen LogP contribution in [0.4, 0.5) is 0 Å². The summed E-state index contributed by atoms with van der Waals surface area (Å²) in [7, 11) is 0. The molecular weight excluding hydrogens is 250 g/mol. The summed E-state index contributed by atoms with van der Waals surface area (Å²) in [6, 6.07) is 10.0. The first-order valence-corrected chi connectivity index (χ1v) is 7.56. The third kappa shape index (κ3) is 3.68. The van der Waals surface area contributed by atoms with E-state index in [0.717, 1.165) is 31.7 Å². The standard InChI is InChI=1S/C17H25NO2/c1-4-16-12-20-14(3)11-18(16)10-13(2)17(19)15-8-6-5-7-9-15/h5-9,13-14,16H,4,10-12H2,1-3H3. The molecule has 0 spiro atoms. The molecule has 2 rings (SSSR count). The van der Waals surface area contributed by atoms with E-state index in [1.807, 2.05) is 37.3 Å². The molecule has 1 aliphatic rings. The van der Waals surface area contributed by atoms with Crippen LogP contribution in [-0.2, 0) is 4.74 Å². The third-order valence-electron chi connectivity index (χ3n) is 4.07. The van der Waals surface area contributed by atoms with Crippen molar-refractivity contribution < 1.29 is 9.53 Å². The number of carbonyl (C=O) groups is 1. The van der Waals surface area contributed by atoms with E-state index in [1.54, 1.807) is 0 Å². The highest BCUT2D eigenvalue weighted by atomic mass is 16.5. The SMILES string of the molecule is CCC1COC(C)CN1CC(C)C(=O)c1ccccc1. The first kappa shape index (κ1) is 15.2. The Balaban J connectivity index is 1.99. The zero-order valence-corrected chi connectivity index (χ0v) is 12.7. The quantitative estimate of drug-likeness (QED) is 0.774. The van der Waals surface area contributed by atoms with Gasteiger partial charge in [-0.2, -0.15) is 0 Å². The molecule has 1 fully saturated rings. The molecule has 0 saturated carbocycles. The van der Waals surface area contributed by atoms with Gasteiger partial charge < -0.3 is 4.74 Å². The molecule has 1 heterocycles. The normalized spacial score (nSPS) is 25.4. The van der Waals surface area contributed by atoms with Gasteiger partial charge in [0.15, 0.2) is 5.78 Å². The number of hydrogen-bond donors (Lipinski definition) is 0. The number of Topliss-reactive ketones (excluding diaryl/α,β-unsaturated/α-hetero) is 1. The van der Waals surface area contributed by atoms with E-state index in [4.69, 9.17) is 4.74 Å². The Kier molecular flexibility index (Phi) is 5.32. The molecule has 110 valence electrons. The number of rotatable bonds is 5. The number of nitrogens with zero attached hydrogens (tertiary/aromatic N) is 1. The minimum atomic E-state index is 0.0248. The summed E-state index contributed by atoms with van der Waals surface area (Å²) in [6.45, 7) is 8.83. The van der Waals surface area contributed by atoms with Gasteiger partial charge in [0, 0.05) is 30.6 Å².